The average molecular weight is 632 g/mol. The first-order valence-electron chi connectivity index (χ1n) is 13.9. The summed E-state index contributed by atoms with van der Waals surface area (Å²) < 4.78 is 55.8. The van der Waals surface area contributed by atoms with Crippen LogP contribution >= 0.6 is 0 Å². The number of amides is 1. The van der Waals surface area contributed by atoms with Crippen molar-refractivity contribution in [2.45, 2.75) is 52.4 Å². The second kappa shape index (κ2) is 13.7. The normalized spacial score (nSPS) is 12.6. The third-order valence-corrected chi connectivity index (χ3v) is 7.01. The molecule has 10 nitrogen and oxygen atoms in total. The summed E-state index contributed by atoms with van der Waals surface area (Å²) in [5.74, 6) is -3.61. The van der Waals surface area contributed by atoms with E-state index in [1.165, 1.54) is 38.0 Å². The Morgan fingerprint density at radius 2 is 1.73 bits per heavy atom. The van der Waals surface area contributed by atoms with Gasteiger partial charge >= 0.3 is 17.8 Å². The molecule has 0 aliphatic carbocycles. The number of carbonyl (C=O) groups is 2. The molecule has 0 saturated heterocycles. The van der Waals surface area contributed by atoms with Gasteiger partial charge in [-0.1, -0.05) is 32.0 Å². The molecule has 3 N–H and O–H groups in total. The third-order valence-electron chi connectivity index (χ3n) is 7.01. The fourth-order valence-corrected chi connectivity index (χ4v) is 4.72. The lowest BCUT2D eigenvalue weighted by Gasteiger charge is -2.20. The molecule has 2 heterocycles. The van der Waals surface area contributed by atoms with Crippen LogP contribution in [-0.2, 0) is 25.3 Å². The van der Waals surface area contributed by atoms with Gasteiger partial charge in [0.05, 0.1) is 16.6 Å². The van der Waals surface area contributed by atoms with Crippen molar-refractivity contribution in [3.8, 4) is 11.1 Å². The molecule has 0 aliphatic rings. The Kier molecular flexibility index (Phi) is 10.5. The van der Waals surface area contributed by atoms with E-state index in [9.17, 15) is 41.8 Å². The maximum Gasteiger partial charge on any atom is 0.408 e. The molecule has 2 aromatic carbocycles. The van der Waals surface area contributed by atoms with Crippen LogP contribution in [0.4, 0.5) is 23.2 Å². The lowest BCUT2D eigenvalue weighted by molar-refractivity contribution is -0.139. The Morgan fingerprint density at radius 3 is 2.33 bits per heavy atom. The van der Waals surface area contributed by atoms with Gasteiger partial charge in [0.15, 0.2) is 0 Å². The molecule has 240 valence electrons. The Bertz CT molecular complexity index is 1840. The number of carboxylic acids is 1. The van der Waals surface area contributed by atoms with Crippen molar-refractivity contribution < 1.29 is 32.3 Å². The fraction of sp³-hybridized carbons (Fsp3) is 0.323. The molecule has 0 unspecified atom stereocenters. The lowest BCUT2D eigenvalue weighted by atomic mass is 9.95. The zero-order valence-corrected chi connectivity index (χ0v) is 25.4. The molecule has 0 spiro atoms. The average Bonchev–Trinajstić information content (AvgIpc) is 2.98. The number of nitrogens with zero attached hydrogens (tertiary/aromatic N) is 3. The van der Waals surface area contributed by atoms with E-state index < -0.39 is 52.8 Å². The number of hydrogen-bond donors (Lipinski definition) is 3. The van der Waals surface area contributed by atoms with Crippen LogP contribution < -0.4 is 21.9 Å². The highest BCUT2D eigenvalue weighted by atomic mass is 19.4. The van der Waals surface area contributed by atoms with E-state index in [0.717, 1.165) is 23.6 Å². The highest BCUT2D eigenvalue weighted by Gasteiger charge is 2.36. The van der Waals surface area contributed by atoms with E-state index in [1.807, 2.05) is 13.8 Å². The van der Waals surface area contributed by atoms with Gasteiger partial charge in [0, 0.05) is 49.5 Å². The highest BCUT2D eigenvalue weighted by Crippen LogP contribution is 2.29. The van der Waals surface area contributed by atoms with Gasteiger partial charge in [0.25, 0.3) is 11.5 Å². The van der Waals surface area contributed by atoms with Crippen LogP contribution in [0.1, 0.15) is 42.3 Å². The second-order valence-corrected chi connectivity index (χ2v) is 10.1. The van der Waals surface area contributed by atoms with Gasteiger partial charge in [0.1, 0.15) is 17.9 Å². The number of aromatic nitrogens is 3. The van der Waals surface area contributed by atoms with E-state index >= 15 is 0 Å². The number of carbonyl (C=O) groups excluding carboxylic acids is 1. The maximum atomic E-state index is 14.9. The first-order chi connectivity index (χ1) is 21.1. The summed E-state index contributed by atoms with van der Waals surface area (Å²) in [4.78, 5) is 54.6. The summed E-state index contributed by atoms with van der Waals surface area (Å²) in [6.07, 6.45) is -1.96. The first-order valence-corrected chi connectivity index (χ1v) is 13.9. The number of rotatable bonds is 8. The number of benzene rings is 2. The van der Waals surface area contributed by atoms with Crippen LogP contribution in [0, 0.1) is 12.7 Å². The summed E-state index contributed by atoms with van der Waals surface area (Å²) in [5, 5.41) is 14.8. The number of alkyl halides is 3. The van der Waals surface area contributed by atoms with Crippen molar-refractivity contribution in [3.63, 3.8) is 0 Å². The van der Waals surface area contributed by atoms with Gasteiger partial charge in [-0.05, 0) is 43.2 Å². The van der Waals surface area contributed by atoms with Crippen LogP contribution in [0.3, 0.4) is 0 Å². The van der Waals surface area contributed by atoms with E-state index in [-0.39, 0.29) is 23.2 Å². The molecular formula is C31H33F4N5O5. The van der Waals surface area contributed by atoms with E-state index in [0.29, 0.717) is 22.0 Å². The van der Waals surface area contributed by atoms with E-state index in [1.54, 1.807) is 24.3 Å². The topological polar surface area (TPSA) is 135 Å². The van der Waals surface area contributed by atoms with Crippen LogP contribution in [-0.4, -0.2) is 49.4 Å². The van der Waals surface area contributed by atoms with Crippen LogP contribution in [0.5, 0.6) is 0 Å². The molecule has 4 aromatic rings. The van der Waals surface area contributed by atoms with E-state index in [2.05, 4.69) is 15.6 Å². The van der Waals surface area contributed by atoms with Gasteiger partial charge in [-0.3, -0.25) is 19.1 Å². The smallest absolute Gasteiger partial charge is 0.408 e. The minimum Gasteiger partial charge on any atom is -0.480 e. The number of aryl methyl sites for hydroxylation is 2. The SMILES string of the molecule is CC.Cc1cc(N[C@H](C)C(F)(F)F)cc(F)c1C(=O)N[C@@H](Cc1ccc(-c2cn(C)c(=O)n(C)c2=O)c2ncccc12)C(=O)O. The lowest BCUT2D eigenvalue weighted by Crippen LogP contribution is -2.43. The van der Waals surface area contributed by atoms with Crippen molar-refractivity contribution in [1.82, 2.24) is 19.4 Å². The van der Waals surface area contributed by atoms with Gasteiger partial charge in [-0.25, -0.2) is 14.0 Å². The molecule has 2 atom stereocenters. The number of halogens is 4. The van der Waals surface area contributed by atoms with Gasteiger partial charge < -0.3 is 20.3 Å². The zero-order valence-electron chi connectivity index (χ0n) is 25.4. The summed E-state index contributed by atoms with van der Waals surface area (Å²) in [5.41, 5.74) is -0.391. The van der Waals surface area contributed by atoms with E-state index in [4.69, 9.17) is 0 Å². The van der Waals surface area contributed by atoms with Crippen LogP contribution in [0.15, 0.2) is 58.4 Å². The minimum absolute atomic E-state index is 0.00337. The summed E-state index contributed by atoms with van der Waals surface area (Å²) in [7, 11) is 2.84. The largest absolute Gasteiger partial charge is 0.480 e. The maximum absolute atomic E-state index is 14.9. The molecule has 0 bridgehead atoms. The van der Waals surface area contributed by atoms with Crippen LogP contribution in [0.2, 0.25) is 0 Å². The van der Waals surface area contributed by atoms with Crippen molar-refractivity contribution in [2.75, 3.05) is 5.32 Å². The quantitative estimate of drug-likeness (QED) is 0.243. The summed E-state index contributed by atoms with van der Waals surface area (Å²) >= 11 is 0. The summed E-state index contributed by atoms with van der Waals surface area (Å²) in [6.45, 7) is 6.18. The molecule has 0 saturated carbocycles. The number of anilines is 1. The number of pyridine rings is 1. The predicted molar refractivity (Wildman–Crippen MR) is 162 cm³/mol. The number of carboxylic acid groups (broad SMARTS) is 1. The number of aliphatic carboxylic acids is 1. The number of hydrogen-bond acceptors (Lipinski definition) is 6. The van der Waals surface area contributed by atoms with Gasteiger partial charge in [-0.15, -0.1) is 0 Å². The van der Waals surface area contributed by atoms with Gasteiger partial charge in [-0.2, -0.15) is 13.2 Å². The fourth-order valence-electron chi connectivity index (χ4n) is 4.72. The van der Waals surface area contributed by atoms with Crippen LogP contribution in [0.25, 0.3) is 22.0 Å². The molecular weight excluding hydrogens is 598 g/mol. The Morgan fingerprint density at radius 1 is 1.07 bits per heavy atom. The molecule has 45 heavy (non-hydrogen) atoms. The monoisotopic (exact) mass is 631 g/mol. The number of fused-ring (bicyclic) bond motifs is 1. The first kappa shape index (κ1) is 34.5. The molecule has 4 rings (SSSR count). The van der Waals surface area contributed by atoms with Crippen molar-refractivity contribution in [3.05, 3.63) is 92.1 Å². The molecule has 2 aromatic heterocycles. The molecule has 0 aliphatic heterocycles. The molecule has 0 radical (unpaired) electrons. The Labute approximate surface area is 255 Å². The third kappa shape index (κ3) is 7.39. The van der Waals surface area contributed by atoms with Crippen molar-refractivity contribution >= 4 is 28.5 Å². The van der Waals surface area contributed by atoms with Crippen molar-refractivity contribution in [2.24, 2.45) is 14.1 Å². The number of nitrogens with one attached hydrogen (secondary N) is 2. The summed E-state index contributed by atoms with van der Waals surface area (Å²) in [6, 6.07) is 4.79. The molecule has 14 heteroatoms. The minimum atomic E-state index is -4.58. The van der Waals surface area contributed by atoms with Crippen molar-refractivity contribution in [1.29, 1.82) is 0 Å². The Balaban J connectivity index is 0.00000271. The predicted octanol–water partition coefficient (Wildman–Crippen LogP) is 4.56. The van der Waals surface area contributed by atoms with Gasteiger partial charge in [0.2, 0.25) is 0 Å². The molecule has 1 amide bonds. The highest BCUT2D eigenvalue weighted by molar-refractivity contribution is 5.99. The Hall–Kier alpha value is -5.01. The second-order valence-electron chi connectivity index (χ2n) is 10.1. The molecule has 0 fully saturated rings. The standard InChI is InChI=1S/C29H27F4N5O5.C2H6/c1-14-10-17(35-15(2)29(31,32)33)12-21(30)23(14)25(39)36-22(27(41)42)11-16-7-8-19(24-18(16)6-5-9-34-24)20-13-37(3)28(43)38(4)26(20)40;1-2/h5-10,12-13,15,22,35H,11H2,1-4H3,(H,36,39)(H,41,42);1-2H3/t15-,22+;/m1./s1. The zero-order chi connectivity index (χ0) is 33.8.